The molecule has 3 nitrogen and oxygen atoms in total. The van der Waals surface area contributed by atoms with Crippen molar-refractivity contribution in [2.24, 2.45) is 11.1 Å². The van der Waals surface area contributed by atoms with Gasteiger partial charge in [0.05, 0.1) is 16.7 Å². The van der Waals surface area contributed by atoms with Crippen LogP contribution < -0.4 is 5.73 Å². The molecule has 0 amide bonds. The summed E-state index contributed by atoms with van der Waals surface area (Å²) in [6, 6.07) is 0. The van der Waals surface area contributed by atoms with E-state index in [9.17, 15) is 0 Å². The third-order valence-corrected chi connectivity index (χ3v) is 6.80. The van der Waals surface area contributed by atoms with E-state index < -0.39 is 0 Å². The fraction of sp³-hybridized carbons (Fsp3) is 1.00. The molecule has 0 aromatic heterocycles. The highest BCUT2D eigenvalue weighted by atomic mass is 16.5. The number of nitrogens with zero attached hydrogens (tertiary/aromatic N) is 1. The number of nitrogens with two attached hydrogens (primary N) is 1. The molecule has 1 aliphatic carbocycles. The molecular weight excluding hydrogens is 260 g/mol. The van der Waals surface area contributed by atoms with Crippen LogP contribution in [0.2, 0.25) is 0 Å². The van der Waals surface area contributed by atoms with Crippen LogP contribution in [0.25, 0.3) is 0 Å². The number of piperidine rings is 1. The average molecular weight is 294 g/mol. The van der Waals surface area contributed by atoms with Gasteiger partial charge < -0.3 is 10.5 Å². The topological polar surface area (TPSA) is 38.5 Å². The van der Waals surface area contributed by atoms with Crippen molar-refractivity contribution in [3.63, 3.8) is 0 Å². The molecule has 1 unspecified atom stereocenters. The molecule has 2 N–H and O–H groups in total. The summed E-state index contributed by atoms with van der Waals surface area (Å²) in [4.78, 5) is 2.69. The minimum Gasteiger partial charge on any atom is -0.368 e. The first-order valence-electron chi connectivity index (χ1n) is 8.90. The number of ether oxygens (including phenoxy) is 1. The lowest BCUT2D eigenvalue weighted by Gasteiger charge is -2.52. The Hall–Kier alpha value is -0.120. The first kappa shape index (κ1) is 15.8. The van der Waals surface area contributed by atoms with Gasteiger partial charge in [0.1, 0.15) is 0 Å². The Balaban J connectivity index is 1.78. The van der Waals surface area contributed by atoms with Gasteiger partial charge in [-0.15, -0.1) is 0 Å². The van der Waals surface area contributed by atoms with Crippen molar-refractivity contribution in [3.8, 4) is 0 Å². The van der Waals surface area contributed by atoms with Crippen molar-refractivity contribution >= 4 is 0 Å². The second-order valence-corrected chi connectivity index (χ2v) is 8.98. The van der Waals surface area contributed by atoms with Crippen LogP contribution >= 0.6 is 0 Å². The first-order chi connectivity index (χ1) is 9.74. The predicted octanol–water partition coefficient (Wildman–Crippen LogP) is 3.32. The van der Waals surface area contributed by atoms with Crippen LogP contribution in [-0.4, -0.2) is 41.3 Å². The Kier molecular flexibility index (Phi) is 3.71. The SMILES string of the molecule is CC1(C)CC(CN)(N2CCC3(CCCC3)CC2)C(C)(C)O1. The number of hydrogen-bond acceptors (Lipinski definition) is 3. The molecule has 2 aliphatic heterocycles. The van der Waals surface area contributed by atoms with E-state index in [0.29, 0.717) is 12.0 Å². The van der Waals surface area contributed by atoms with Crippen molar-refractivity contribution in [2.75, 3.05) is 19.6 Å². The summed E-state index contributed by atoms with van der Waals surface area (Å²) in [6.45, 7) is 12.0. The second kappa shape index (κ2) is 4.94. The van der Waals surface area contributed by atoms with Crippen molar-refractivity contribution in [1.29, 1.82) is 0 Å². The van der Waals surface area contributed by atoms with E-state index in [1.54, 1.807) is 0 Å². The molecule has 3 rings (SSSR count). The smallest absolute Gasteiger partial charge is 0.0830 e. The molecule has 122 valence electrons. The van der Waals surface area contributed by atoms with E-state index in [4.69, 9.17) is 10.5 Å². The highest BCUT2D eigenvalue weighted by molar-refractivity contribution is 5.14. The maximum Gasteiger partial charge on any atom is 0.0830 e. The molecule has 2 saturated heterocycles. The summed E-state index contributed by atoms with van der Waals surface area (Å²) in [5.41, 5.74) is 6.78. The monoisotopic (exact) mass is 294 g/mol. The third-order valence-electron chi connectivity index (χ3n) is 6.80. The fourth-order valence-corrected chi connectivity index (χ4v) is 5.71. The minimum absolute atomic E-state index is 0.0106. The van der Waals surface area contributed by atoms with Crippen LogP contribution in [0, 0.1) is 5.41 Å². The van der Waals surface area contributed by atoms with E-state index in [2.05, 4.69) is 32.6 Å². The molecule has 3 heteroatoms. The van der Waals surface area contributed by atoms with Gasteiger partial charge in [-0.05, 0) is 78.3 Å². The lowest BCUT2D eigenvalue weighted by molar-refractivity contribution is -0.111. The van der Waals surface area contributed by atoms with Gasteiger partial charge in [-0.25, -0.2) is 0 Å². The number of rotatable bonds is 2. The van der Waals surface area contributed by atoms with Crippen molar-refractivity contribution in [3.05, 3.63) is 0 Å². The van der Waals surface area contributed by atoms with E-state index in [1.165, 1.54) is 51.6 Å². The van der Waals surface area contributed by atoms with Crippen molar-refractivity contribution in [2.45, 2.75) is 89.4 Å². The molecule has 0 radical (unpaired) electrons. The van der Waals surface area contributed by atoms with Gasteiger partial charge >= 0.3 is 0 Å². The highest BCUT2D eigenvalue weighted by Gasteiger charge is 2.60. The van der Waals surface area contributed by atoms with E-state index >= 15 is 0 Å². The van der Waals surface area contributed by atoms with Gasteiger partial charge in [0.15, 0.2) is 0 Å². The van der Waals surface area contributed by atoms with Gasteiger partial charge in [0.25, 0.3) is 0 Å². The number of likely N-dealkylation sites (tertiary alicyclic amines) is 1. The van der Waals surface area contributed by atoms with Crippen LogP contribution in [0.1, 0.15) is 72.6 Å². The van der Waals surface area contributed by atoms with Crippen molar-refractivity contribution < 1.29 is 4.74 Å². The maximum absolute atomic E-state index is 6.39. The molecule has 0 aromatic rings. The van der Waals surface area contributed by atoms with E-state index in [1.807, 2.05) is 0 Å². The first-order valence-corrected chi connectivity index (χ1v) is 8.90. The summed E-state index contributed by atoms with van der Waals surface area (Å²) in [7, 11) is 0. The lowest BCUT2D eigenvalue weighted by atomic mass is 9.72. The maximum atomic E-state index is 6.39. The zero-order valence-corrected chi connectivity index (χ0v) is 14.5. The van der Waals surface area contributed by atoms with Crippen LogP contribution in [0.4, 0.5) is 0 Å². The largest absolute Gasteiger partial charge is 0.368 e. The molecule has 3 aliphatic rings. The third kappa shape index (κ3) is 2.46. The average Bonchev–Trinajstić information content (AvgIpc) is 2.91. The summed E-state index contributed by atoms with van der Waals surface area (Å²) in [6.07, 6.45) is 9.60. The summed E-state index contributed by atoms with van der Waals surface area (Å²) in [5.74, 6) is 0. The van der Waals surface area contributed by atoms with E-state index in [-0.39, 0.29) is 16.7 Å². The minimum atomic E-state index is -0.161. The Labute approximate surface area is 130 Å². The predicted molar refractivity (Wildman–Crippen MR) is 87.4 cm³/mol. The Morgan fingerprint density at radius 2 is 1.52 bits per heavy atom. The molecule has 21 heavy (non-hydrogen) atoms. The van der Waals surface area contributed by atoms with Gasteiger partial charge in [-0.3, -0.25) is 4.90 Å². The van der Waals surface area contributed by atoms with Gasteiger partial charge in [0.2, 0.25) is 0 Å². The van der Waals surface area contributed by atoms with Crippen LogP contribution in [0.3, 0.4) is 0 Å². The summed E-state index contributed by atoms with van der Waals surface area (Å²) >= 11 is 0. The number of hydrogen-bond donors (Lipinski definition) is 1. The molecule has 0 aromatic carbocycles. The molecule has 1 spiro atoms. The standard InChI is InChI=1S/C18H34N2O/c1-15(2)13-18(14-19,16(3,4)21-15)20-11-9-17(10-12-20)7-5-6-8-17/h5-14,19H2,1-4H3. The Bertz CT molecular complexity index is 388. The molecule has 0 bridgehead atoms. The highest BCUT2D eigenvalue weighted by Crippen LogP contribution is 2.52. The van der Waals surface area contributed by atoms with E-state index in [0.717, 1.165) is 6.42 Å². The summed E-state index contributed by atoms with van der Waals surface area (Å²) in [5, 5.41) is 0. The van der Waals surface area contributed by atoms with Crippen LogP contribution in [0.5, 0.6) is 0 Å². The Morgan fingerprint density at radius 3 is 1.95 bits per heavy atom. The second-order valence-electron chi connectivity index (χ2n) is 8.98. The Morgan fingerprint density at radius 1 is 0.952 bits per heavy atom. The zero-order valence-electron chi connectivity index (χ0n) is 14.5. The fourth-order valence-electron chi connectivity index (χ4n) is 5.71. The van der Waals surface area contributed by atoms with Crippen molar-refractivity contribution in [1.82, 2.24) is 4.90 Å². The molecule has 1 saturated carbocycles. The molecule has 2 heterocycles. The molecular formula is C18H34N2O. The van der Waals surface area contributed by atoms with Gasteiger partial charge in [-0.2, -0.15) is 0 Å². The van der Waals surface area contributed by atoms with Gasteiger partial charge in [0, 0.05) is 6.54 Å². The quantitative estimate of drug-likeness (QED) is 0.849. The summed E-state index contributed by atoms with van der Waals surface area (Å²) < 4.78 is 6.39. The van der Waals surface area contributed by atoms with Crippen LogP contribution in [0.15, 0.2) is 0 Å². The normalized spacial score (nSPS) is 38.1. The lowest BCUT2D eigenvalue weighted by Crippen LogP contribution is -2.65. The van der Waals surface area contributed by atoms with Crippen LogP contribution in [-0.2, 0) is 4.74 Å². The molecule has 1 atom stereocenters. The molecule has 3 fully saturated rings. The zero-order chi connectivity index (χ0) is 15.4. The van der Waals surface area contributed by atoms with Gasteiger partial charge in [-0.1, -0.05) is 12.8 Å².